The number of nitrogens with one attached hydrogen (secondary N) is 2. The van der Waals surface area contributed by atoms with Crippen LogP contribution in [-0.4, -0.2) is 28.3 Å². The van der Waals surface area contributed by atoms with Crippen LogP contribution in [0.15, 0.2) is 5.38 Å². The molecule has 1 heterocycles. The predicted molar refractivity (Wildman–Crippen MR) is 66.2 cm³/mol. The van der Waals surface area contributed by atoms with Crippen molar-refractivity contribution < 1.29 is 23.1 Å². The van der Waals surface area contributed by atoms with Gasteiger partial charge in [-0.1, -0.05) is 0 Å². The first-order chi connectivity index (χ1) is 9.28. The molecule has 1 aromatic heterocycles. The van der Waals surface area contributed by atoms with Crippen molar-refractivity contribution in [1.29, 1.82) is 0 Å². The maximum atomic E-state index is 12.3. The van der Waals surface area contributed by atoms with Crippen LogP contribution in [0.4, 0.5) is 18.0 Å². The maximum absolute atomic E-state index is 12.3. The molecule has 0 atom stereocenters. The van der Waals surface area contributed by atoms with Crippen molar-refractivity contribution in [3.05, 3.63) is 16.1 Å². The van der Waals surface area contributed by atoms with Crippen molar-refractivity contribution in [3.63, 3.8) is 0 Å². The number of aliphatic hydroxyl groups is 1. The summed E-state index contributed by atoms with van der Waals surface area (Å²) >= 11 is 0.835. The van der Waals surface area contributed by atoms with E-state index in [0.717, 1.165) is 23.1 Å². The van der Waals surface area contributed by atoms with Crippen LogP contribution in [0.1, 0.15) is 30.0 Å². The molecular formula is C11H14F3N3O2S. The minimum absolute atomic E-state index is 0.0784. The van der Waals surface area contributed by atoms with Gasteiger partial charge in [-0.15, -0.1) is 11.3 Å². The second kappa shape index (κ2) is 5.57. The standard InChI is InChI=1S/C11H14F3N3O2S/c12-11(13,14)7-5-20-8(17-7)4-15-9(18)16-6-10(19)2-1-3-10/h5,19H,1-4,6H2,(H2,15,16,18). The van der Waals surface area contributed by atoms with Crippen molar-refractivity contribution in [2.75, 3.05) is 6.54 Å². The molecule has 20 heavy (non-hydrogen) atoms. The van der Waals surface area contributed by atoms with Gasteiger partial charge in [-0.25, -0.2) is 9.78 Å². The Labute approximate surface area is 117 Å². The number of carbonyl (C=O) groups is 1. The molecule has 0 aromatic carbocycles. The van der Waals surface area contributed by atoms with Gasteiger partial charge >= 0.3 is 12.2 Å². The topological polar surface area (TPSA) is 74.2 Å². The van der Waals surface area contributed by atoms with Crippen molar-refractivity contribution in [1.82, 2.24) is 15.6 Å². The number of carbonyl (C=O) groups excluding carboxylic acids is 1. The number of amides is 2. The highest BCUT2D eigenvalue weighted by atomic mass is 32.1. The summed E-state index contributed by atoms with van der Waals surface area (Å²) in [5, 5.41) is 15.7. The Morgan fingerprint density at radius 3 is 2.65 bits per heavy atom. The summed E-state index contributed by atoms with van der Waals surface area (Å²) < 4.78 is 36.9. The number of hydrogen-bond acceptors (Lipinski definition) is 4. The molecule has 0 unspecified atom stereocenters. The Bertz CT molecular complexity index is 486. The maximum Gasteiger partial charge on any atom is 0.434 e. The van der Waals surface area contributed by atoms with Crippen LogP contribution in [-0.2, 0) is 12.7 Å². The van der Waals surface area contributed by atoms with Crippen LogP contribution in [0.2, 0.25) is 0 Å². The largest absolute Gasteiger partial charge is 0.434 e. The highest BCUT2D eigenvalue weighted by Crippen LogP contribution is 2.31. The van der Waals surface area contributed by atoms with Crippen LogP contribution < -0.4 is 10.6 Å². The van der Waals surface area contributed by atoms with Gasteiger partial charge in [0.2, 0.25) is 0 Å². The first-order valence-corrected chi connectivity index (χ1v) is 6.92. The molecule has 9 heteroatoms. The lowest BCUT2D eigenvalue weighted by Gasteiger charge is -2.36. The minimum atomic E-state index is -4.47. The number of alkyl halides is 3. The second-order valence-corrected chi connectivity index (χ2v) is 5.68. The van der Waals surface area contributed by atoms with E-state index < -0.39 is 23.5 Å². The fourth-order valence-corrected chi connectivity index (χ4v) is 2.49. The molecule has 1 aliphatic rings. The zero-order valence-electron chi connectivity index (χ0n) is 10.5. The Balaban J connectivity index is 1.74. The number of aromatic nitrogens is 1. The lowest BCUT2D eigenvalue weighted by atomic mass is 9.80. The normalized spacial score (nSPS) is 17.4. The Kier molecular flexibility index (Phi) is 4.19. The Hall–Kier alpha value is -1.35. The van der Waals surface area contributed by atoms with Gasteiger partial charge in [-0.3, -0.25) is 0 Å². The quantitative estimate of drug-likeness (QED) is 0.795. The van der Waals surface area contributed by atoms with Crippen LogP contribution >= 0.6 is 11.3 Å². The molecule has 0 saturated heterocycles. The van der Waals surface area contributed by atoms with Crippen LogP contribution in [0, 0.1) is 0 Å². The van der Waals surface area contributed by atoms with E-state index in [0.29, 0.717) is 12.8 Å². The fourth-order valence-electron chi connectivity index (χ4n) is 1.75. The monoisotopic (exact) mass is 309 g/mol. The van der Waals surface area contributed by atoms with Crippen LogP contribution in [0.25, 0.3) is 0 Å². The van der Waals surface area contributed by atoms with Crippen molar-refractivity contribution in [2.24, 2.45) is 0 Å². The zero-order valence-corrected chi connectivity index (χ0v) is 11.3. The van der Waals surface area contributed by atoms with Gasteiger partial charge in [0, 0.05) is 11.9 Å². The summed E-state index contributed by atoms with van der Waals surface area (Å²) in [6, 6.07) is -0.533. The highest BCUT2D eigenvalue weighted by Gasteiger charge is 2.35. The summed E-state index contributed by atoms with van der Waals surface area (Å²) in [6.45, 7) is 0.0650. The molecule has 1 fully saturated rings. The smallest absolute Gasteiger partial charge is 0.388 e. The molecule has 1 saturated carbocycles. The number of nitrogens with zero attached hydrogens (tertiary/aromatic N) is 1. The lowest BCUT2D eigenvalue weighted by molar-refractivity contribution is -0.140. The van der Waals surface area contributed by atoms with Gasteiger partial charge < -0.3 is 15.7 Å². The fraction of sp³-hybridized carbons (Fsp3) is 0.636. The van der Waals surface area contributed by atoms with E-state index in [-0.39, 0.29) is 18.1 Å². The van der Waals surface area contributed by atoms with E-state index in [2.05, 4.69) is 15.6 Å². The molecule has 0 aliphatic heterocycles. The van der Waals surface area contributed by atoms with Gasteiger partial charge in [0.25, 0.3) is 0 Å². The highest BCUT2D eigenvalue weighted by molar-refractivity contribution is 7.09. The molecular weight excluding hydrogens is 295 g/mol. The average molecular weight is 309 g/mol. The molecule has 112 valence electrons. The summed E-state index contributed by atoms with van der Waals surface area (Å²) in [5.74, 6) is 0. The summed E-state index contributed by atoms with van der Waals surface area (Å²) in [7, 11) is 0. The third kappa shape index (κ3) is 3.83. The Morgan fingerprint density at radius 1 is 1.45 bits per heavy atom. The second-order valence-electron chi connectivity index (χ2n) is 4.74. The number of halogens is 3. The van der Waals surface area contributed by atoms with Crippen molar-refractivity contribution >= 4 is 17.4 Å². The Morgan fingerprint density at radius 2 is 2.15 bits per heavy atom. The van der Waals surface area contributed by atoms with Crippen LogP contribution in [0.5, 0.6) is 0 Å². The van der Waals surface area contributed by atoms with E-state index >= 15 is 0 Å². The molecule has 3 N–H and O–H groups in total. The van der Waals surface area contributed by atoms with Gasteiger partial charge in [-0.05, 0) is 19.3 Å². The number of urea groups is 1. The van der Waals surface area contributed by atoms with Crippen molar-refractivity contribution in [3.8, 4) is 0 Å². The van der Waals surface area contributed by atoms with E-state index in [4.69, 9.17) is 0 Å². The summed E-state index contributed by atoms with van der Waals surface area (Å²) in [6.07, 6.45) is -2.24. The van der Waals surface area contributed by atoms with Gasteiger partial charge in [0.1, 0.15) is 5.01 Å². The first kappa shape index (κ1) is 15.0. The number of thiazole rings is 1. The molecule has 1 aromatic rings. The number of hydrogen-bond donors (Lipinski definition) is 3. The first-order valence-electron chi connectivity index (χ1n) is 6.04. The lowest BCUT2D eigenvalue weighted by Crippen LogP contribution is -2.49. The SMILES string of the molecule is O=C(NCc1nc(C(F)(F)F)cs1)NCC1(O)CCC1. The predicted octanol–water partition coefficient (Wildman–Crippen LogP) is 1.88. The van der Waals surface area contributed by atoms with Gasteiger partial charge in [0.15, 0.2) is 5.69 Å². The third-order valence-corrected chi connectivity index (χ3v) is 3.95. The van der Waals surface area contributed by atoms with Gasteiger partial charge in [-0.2, -0.15) is 13.2 Å². The van der Waals surface area contributed by atoms with E-state index in [1.165, 1.54) is 0 Å². The number of rotatable bonds is 4. The third-order valence-electron chi connectivity index (χ3n) is 3.10. The average Bonchev–Trinajstić information content (AvgIpc) is 2.80. The van der Waals surface area contributed by atoms with Crippen LogP contribution in [0.3, 0.4) is 0 Å². The van der Waals surface area contributed by atoms with Gasteiger partial charge in [0.05, 0.1) is 12.1 Å². The minimum Gasteiger partial charge on any atom is -0.388 e. The van der Waals surface area contributed by atoms with Crippen molar-refractivity contribution in [2.45, 2.75) is 37.6 Å². The molecule has 2 amide bonds. The molecule has 5 nitrogen and oxygen atoms in total. The molecule has 0 radical (unpaired) electrons. The molecule has 1 aliphatic carbocycles. The molecule has 0 spiro atoms. The summed E-state index contributed by atoms with van der Waals surface area (Å²) in [4.78, 5) is 14.8. The van der Waals surface area contributed by atoms with E-state index in [1.807, 2.05) is 0 Å². The zero-order chi connectivity index (χ0) is 14.8. The van der Waals surface area contributed by atoms with E-state index in [9.17, 15) is 23.1 Å². The summed E-state index contributed by atoms with van der Waals surface area (Å²) in [5.41, 5.74) is -1.79. The molecule has 2 rings (SSSR count). The molecule has 0 bridgehead atoms. The van der Waals surface area contributed by atoms with E-state index in [1.54, 1.807) is 0 Å².